The zero-order valence-corrected chi connectivity index (χ0v) is 13.2. The topological polar surface area (TPSA) is 70.7 Å². The van der Waals surface area contributed by atoms with Crippen molar-refractivity contribution in [3.63, 3.8) is 0 Å². The van der Waals surface area contributed by atoms with Crippen molar-refractivity contribution in [3.05, 3.63) is 30.1 Å². The molecule has 0 aliphatic carbocycles. The molecule has 1 aliphatic heterocycles. The second-order valence-corrected chi connectivity index (χ2v) is 5.36. The minimum Gasteiger partial charge on any atom is -0.490 e. The minimum absolute atomic E-state index is 0.102. The summed E-state index contributed by atoms with van der Waals surface area (Å²) in [4.78, 5) is 25.3. The molecule has 0 bridgehead atoms. The minimum atomic E-state index is -0.478. The average Bonchev–Trinajstić information content (AvgIpc) is 2.56. The van der Waals surface area contributed by atoms with Crippen LogP contribution in [0, 0.1) is 5.82 Å². The van der Waals surface area contributed by atoms with Crippen molar-refractivity contribution in [1.82, 2.24) is 15.5 Å². The molecule has 6 nitrogen and oxygen atoms in total. The molecule has 1 aromatic carbocycles. The third kappa shape index (κ3) is 4.92. The van der Waals surface area contributed by atoms with E-state index in [0.29, 0.717) is 39.2 Å². The zero-order chi connectivity index (χ0) is 16.7. The van der Waals surface area contributed by atoms with Crippen LogP contribution >= 0.6 is 0 Å². The van der Waals surface area contributed by atoms with E-state index in [1.165, 1.54) is 13.0 Å². The van der Waals surface area contributed by atoms with Crippen LogP contribution in [0.15, 0.2) is 24.3 Å². The van der Waals surface area contributed by atoms with Crippen molar-refractivity contribution in [2.24, 2.45) is 0 Å². The SMILES string of the molecule is CC(=O)N1CCNC[C@@H]1C(=O)NCCCOc1ccccc1F. The van der Waals surface area contributed by atoms with Gasteiger partial charge in [0, 0.05) is 33.1 Å². The van der Waals surface area contributed by atoms with Crippen LogP contribution < -0.4 is 15.4 Å². The summed E-state index contributed by atoms with van der Waals surface area (Å²) in [5.74, 6) is -0.479. The fraction of sp³-hybridized carbons (Fsp3) is 0.500. The molecule has 0 saturated carbocycles. The van der Waals surface area contributed by atoms with Gasteiger partial charge in [0.15, 0.2) is 11.6 Å². The van der Waals surface area contributed by atoms with Crippen molar-refractivity contribution in [3.8, 4) is 5.75 Å². The van der Waals surface area contributed by atoms with Crippen molar-refractivity contribution in [2.45, 2.75) is 19.4 Å². The van der Waals surface area contributed by atoms with Gasteiger partial charge in [0.1, 0.15) is 6.04 Å². The Morgan fingerprint density at radius 1 is 1.43 bits per heavy atom. The van der Waals surface area contributed by atoms with Crippen LogP contribution in [0.3, 0.4) is 0 Å². The Kier molecular flexibility index (Phi) is 6.34. The third-order valence-corrected chi connectivity index (χ3v) is 3.67. The lowest BCUT2D eigenvalue weighted by Gasteiger charge is -2.34. The fourth-order valence-corrected chi connectivity index (χ4v) is 2.46. The number of amides is 2. The lowest BCUT2D eigenvalue weighted by atomic mass is 10.1. The van der Waals surface area contributed by atoms with Gasteiger partial charge < -0.3 is 20.3 Å². The van der Waals surface area contributed by atoms with Crippen molar-refractivity contribution < 1.29 is 18.7 Å². The van der Waals surface area contributed by atoms with E-state index < -0.39 is 11.9 Å². The summed E-state index contributed by atoms with van der Waals surface area (Å²) in [6, 6.07) is 5.72. The Morgan fingerprint density at radius 2 is 2.22 bits per heavy atom. The fourth-order valence-electron chi connectivity index (χ4n) is 2.46. The second-order valence-electron chi connectivity index (χ2n) is 5.36. The molecule has 2 rings (SSSR count). The van der Waals surface area contributed by atoms with Crippen LogP contribution in [0.2, 0.25) is 0 Å². The lowest BCUT2D eigenvalue weighted by Crippen LogP contribution is -2.59. The number of benzene rings is 1. The summed E-state index contributed by atoms with van der Waals surface area (Å²) in [6.45, 7) is 3.87. The second kappa shape index (κ2) is 8.47. The van der Waals surface area contributed by atoms with E-state index in [4.69, 9.17) is 4.74 Å². The zero-order valence-electron chi connectivity index (χ0n) is 13.2. The van der Waals surface area contributed by atoms with Gasteiger partial charge in [-0.15, -0.1) is 0 Å². The van der Waals surface area contributed by atoms with E-state index in [1.807, 2.05) is 0 Å². The standard InChI is InChI=1S/C16H22FN3O3/c1-12(21)20-9-8-18-11-14(20)16(22)19-7-4-10-23-15-6-3-2-5-13(15)17/h2-3,5-6,14,18H,4,7-11H2,1H3,(H,19,22)/t14-/m1/s1. The van der Waals surface area contributed by atoms with E-state index in [9.17, 15) is 14.0 Å². The largest absolute Gasteiger partial charge is 0.490 e. The Labute approximate surface area is 135 Å². The van der Waals surface area contributed by atoms with E-state index in [2.05, 4.69) is 10.6 Å². The number of para-hydroxylation sites is 1. The molecule has 1 fully saturated rings. The van der Waals surface area contributed by atoms with E-state index >= 15 is 0 Å². The molecule has 0 radical (unpaired) electrons. The summed E-state index contributed by atoms with van der Waals surface area (Å²) < 4.78 is 18.7. The molecule has 1 saturated heterocycles. The molecule has 0 spiro atoms. The molecule has 1 aliphatic rings. The first-order valence-corrected chi connectivity index (χ1v) is 7.72. The summed E-state index contributed by atoms with van der Waals surface area (Å²) >= 11 is 0. The van der Waals surface area contributed by atoms with Crippen LogP contribution in [0.5, 0.6) is 5.75 Å². The van der Waals surface area contributed by atoms with Crippen LogP contribution in [-0.4, -0.2) is 55.5 Å². The molecular weight excluding hydrogens is 301 g/mol. The summed E-state index contributed by atoms with van der Waals surface area (Å²) in [7, 11) is 0. The number of halogens is 1. The van der Waals surface area contributed by atoms with E-state index in [1.54, 1.807) is 23.1 Å². The first-order valence-electron chi connectivity index (χ1n) is 7.72. The Morgan fingerprint density at radius 3 is 2.96 bits per heavy atom. The number of hydrogen-bond acceptors (Lipinski definition) is 4. The molecule has 1 aromatic rings. The number of nitrogens with one attached hydrogen (secondary N) is 2. The van der Waals surface area contributed by atoms with Gasteiger partial charge >= 0.3 is 0 Å². The number of carbonyl (C=O) groups excluding carboxylic acids is 2. The van der Waals surface area contributed by atoms with Gasteiger partial charge in [-0.2, -0.15) is 0 Å². The van der Waals surface area contributed by atoms with Gasteiger partial charge in [0.05, 0.1) is 6.61 Å². The lowest BCUT2D eigenvalue weighted by molar-refractivity contribution is -0.139. The maximum absolute atomic E-state index is 13.3. The maximum Gasteiger partial charge on any atom is 0.244 e. The first kappa shape index (κ1) is 17.2. The highest BCUT2D eigenvalue weighted by Gasteiger charge is 2.29. The van der Waals surface area contributed by atoms with E-state index in [0.717, 1.165) is 0 Å². The highest BCUT2D eigenvalue weighted by molar-refractivity contribution is 5.87. The highest BCUT2D eigenvalue weighted by atomic mass is 19.1. The number of piperazine rings is 1. The van der Waals surface area contributed by atoms with Crippen LogP contribution in [-0.2, 0) is 9.59 Å². The molecule has 1 atom stereocenters. The number of hydrogen-bond donors (Lipinski definition) is 2. The van der Waals surface area contributed by atoms with Gasteiger partial charge in [-0.25, -0.2) is 4.39 Å². The summed E-state index contributed by atoms with van der Waals surface area (Å²) in [5.41, 5.74) is 0. The highest BCUT2D eigenvalue weighted by Crippen LogP contribution is 2.15. The van der Waals surface area contributed by atoms with Gasteiger partial charge in [-0.05, 0) is 18.6 Å². The number of rotatable bonds is 6. The maximum atomic E-state index is 13.3. The number of ether oxygens (including phenoxy) is 1. The van der Waals surface area contributed by atoms with Crippen molar-refractivity contribution >= 4 is 11.8 Å². The monoisotopic (exact) mass is 323 g/mol. The summed E-state index contributed by atoms with van der Waals surface area (Å²) in [5, 5.41) is 5.90. The average molecular weight is 323 g/mol. The van der Waals surface area contributed by atoms with Crippen LogP contribution in [0.1, 0.15) is 13.3 Å². The molecule has 2 N–H and O–H groups in total. The van der Waals surface area contributed by atoms with Crippen LogP contribution in [0.25, 0.3) is 0 Å². The molecule has 23 heavy (non-hydrogen) atoms. The van der Waals surface area contributed by atoms with Gasteiger partial charge in [0.25, 0.3) is 0 Å². The van der Waals surface area contributed by atoms with Gasteiger partial charge in [-0.3, -0.25) is 9.59 Å². The molecule has 126 valence electrons. The molecule has 0 unspecified atom stereocenters. The number of nitrogens with zero attached hydrogens (tertiary/aromatic N) is 1. The predicted molar refractivity (Wildman–Crippen MR) is 83.6 cm³/mol. The van der Waals surface area contributed by atoms with Crippen molar-refractivity contribution in [1.29, 1.82) is 0 Å². The quantitative estimate of drug-likeness (QED) is 0.749. The summed E-state index contributed by atoms with van der Waals surface area (Å²) in [6.07, 6.45) is 0.556. The molecule has 2 amide bonds. The number of carbonyl (C=O) groups is 2. The third-order valence-electron chi connectivity index (χ3n) is 3.67. The Bertz CT molecular complexity index is 553. The molecular formula is C16H22FN3O3. The molecule has 7 heteroatoms. The Hall–Kier alpha value is -2.15. The van der Waals surface area contributed by atoms with Crippen molar-refractivity contribution in [2.75, 3.05) is 32.8 Å². The van der Waals surface area contributed by atoms with E-state index in [-0.39, 0.29) is 17.6 Å². The molecule has 1 heterocycles. The molecule has 0 aromatic heterocycles. The Balaban J connectivity index is 1.70. The van der Waals surface area contributed by atoms with Crippen LogP contribution in [0.4, 0.5) is 4.39 Å². The predicted octanol–water partition coefficient (Wildman–Crippen LogP) is 0.531. The smallest absolute Gasteiger partial charge is 0.244 e. The van der Waals surface area contributed by atoms with Gasteiger partial charge in [-0.1, -0.05) is 12.1 Å². The normalized spacial score (nSPS) is 17.7. The first-order chi connectivity index (χ1) is 11.1. The van der Waals surface area contributed by atoms with Gasteiger partial charge in [0.2, 0.25) is 11.8 Å².